The van der Waals surface area contributed by atoms with Crippen LogP contribution in [0.1, 0.15) is 61.5 Å². The van der Waals surface area contributed by atoms with Gasteiger partial charge in [0, 0.05) is 18.9 Å². The highest BCUT2D eigenvalue weighted by molar-refractivity contribution is 6.01. The van der Waals surface area contributed by atoms with Crippen LogP contribution < -0.4 is 10.1 Å². The van der Waals surface area contributed by atoms with Gasteiger partial charge in [0.05, 0.1) is 18.1 Å². The number of rotatable bonds is 8. The lowest BCUT2D eigenvalue weighted by molar-refractivity contribution is -0.125. The zero-order chi connectivity index (χ0) is 23.1. The van der Waals surface area contributed by atoms with Crippen molar-refractivity contribution in [1.82, 2.24) is 0 Å². The van der Waals surface area contributed by atoms with Gasteiger partial charge in [0.25, 0.3) is 0 Å². The molecule has 0 radical (unpaired) electrons. The second kappa shape index (κ2) is 10.6. The van der Waals surface area contributed by atoms with E-state index in [9.17, 15) is 9.59 Å². The first kappa shape index (κ1) is 23.8. The zero-order valence-corrected chi connectivity index (χ0v) is 19.4. The molecule has 6 nitrogen and oxygen atoms in total. The van der Waals surface area contributed by atoms with Gasteiger partial charge >= 0.3 is 5.97 Å². The highest BCUT2D eigenvalue weighted by Gasteiger charge is 2.41. The predicted molar refractivity (Wildman–Crippen MR) is 124 cm³/mol. The first-order valence-electron chi connectivity index (χ1n) is 11.3. The smallest absolute Gasteiger partial charge is 0.341 e. The maximum absolute atomic E-state index is 13.6. The Bertz CT molecular complexity index is 932. The van der Waals surface area contributed by atoms with E-state index in [2.05, 4.69) is 5.32 Å². The van der Waals surface area contributed by atoms with Gasteiger partial charge in [0.2, 0.25) is 5.91 Å². The Kier molecular flexibility index (Phi) is 7.91. The Morgan fingerprint density at radius 3 is 2.41 bits per heavy atom. The second-order valence-electron chi connectivity index (χ2n) is 8.28. The van der Waals surface area contributed by atoms with Gasteiger partial charge in [0.1, 0.15) is 11.3 Å². The van der Waals surface area contributed by atoms with Crippen molar-refractivity contribution in [3.63, 3.8) is 0 Å². The number of benzene rings is 2. The minimum absolute atomic E-state index is 0.0457. The predicted octanol–water partition coefficient (Wildman–Crippen LogP) is 5.04. The molecule has 1 N–H and O–H groups in total. The number of aryl methyl sites for hydroxylation is 1. The van der Waals surface area contributed by atoms with E-state index in [4.69, 9.17) is 14.2 Å². The maximum Gasteiger partial charge on any atom is 0.341 e. The number of carbonyl (C=O) groups excluding carboxylic acids is 2. The maximum atomic E-state index is 13.6. The molecule has 0 spiro atoms. The molecule has 3 rings (SSSR count). The van der Waals surface area contributed by atoms with Gasteiger partial charge < -0.3 is 19.5 Å². The SMILES string of the molecule is CCOC(=O)c1cc(NC(=O)C2(c3ccc(C)cc3)CCOCC2)ccc1O[C@@H](C)CC. The largest absolute Gasteiger partial charge is 0.490 e. The lowest BCUT2D eigenvalue weighted by Crippen LogP contribution is -2.44. The van der Waals surface area contributed by atoms with Crippen LogP contribution in [-0.4, -0.2) is 37.8 Å². The molecule has 1 fully saturated rings. The third-order valence-corrected chi connectivity index (χ3v) is 6.02. The average Bonchev–Trinajstić information content (AvgIpc) is 2.80. The Labute approximate surface area is 190 Å². The molecule has 1 saturated heterocycles. The molecule has 0 unspecified atom stereocenters. The van der Waals surface area contributed by atoms with Crippen molar-refractivity contribution in [1.29, 1.82) is 0 Å². The molecule has 6 heteroatoms. The minimum atomic E-state index is -0.679. The summed E-state index contributed by atoms with van der Waals surface area (Å²) in [4.78, 5) is 26.1. The van der Waals surface area contributed by atoms with Crippen LogP contribution >= 0.6 is 0 Å². The molecule has 2 aromatic rings. The Hall–Kier alpha value is -2.86. The molecule has 0 bridgehead atoms. The Morgan fingerprint density at radius 2 is 1.78 bits per heavy atom. The van der Waals surface area contributed by atoms with E-state index >= 15 is 0 Å². The molecule has 1 amide bonds. The molecular formula is C26H33NO5. The van der Waals surface area contributed by atoms with Crippen LogP contribution in [-0.2, 0) is 19.7 Å². The molecule has 1 aliphatic heterocycles. The van der Waals surface area contributed by atoms with Gasteiger partial charge in [-0.2, -0.15) is 0 Å². The number of carbonyl (C=O) groups is 2. The molecule has 172 valence electrons. The minimum Gasteiger partial charge on any atom is -0.490 e. The molecule has 0 aliphatic carbocycles. The summed E-state index contributed by atoms with van der Waals surface area (Å²) in [5.74, 6) is -0.119. The molecule has 0 aromatic heterocycles. The lowest BCUT2D eigenvalue weighted by atomic mass is 9.73. The van der Waals surface area contributed by atoms with Crippen molar-refractivity contribution in [2.24, 2.45) is 0 Å². The lowest BCUT2D eigenvalue weighted by Gasteiger charge is -2.36. The van der Waals surface area contributed by atoms with Crippen LogP contribution in [0.15, 0.2) is 42.5 Å². The molecular weight excluding hydrogens is 406 g/mol. The molecule has 0 saturated carbocycles. The van der Waals surface area contributed by atoms with E-state index < -0.39 is 11.4 Å². The fraction of sp³-hybridized carbons (Fsp3) is 0.462. The third kappa shape index (κ3) is 5.30. The number of hydrogen-bond acceptors (Lipinski definition) is 5. The van der Waals surface area contributed by atoms with Gasteiger partial charge in [-0.05, 0) is 63.8 Å². The summed E-state index contributed by atoms with van der Waals surface area (Å²) in [6.45, 7) is 9.06. The van der Waals surface area contributed by atoms with E-state index in [-0.39, 0.29) is 18.6 Å². The summed E-state index contributed by atoms with van der Waals surface area (Å²) in [5.41, 5.74) is 2.29. The fourth-order valence-electron chi connectivity index (χ4n) is 3.87. The summed E-state index contributed by atoms with van der Waals surface area (Å²) in [7, 11) is 0. The highest BCUT2D eigenvalue weighted by atomic mass is 16.5. The topological polar surface area (TPSA) is 73.9 Å². The van der Waals surface area contributed by atoms with Gasteiger partial charge in [-0.25, -0.2) is 4.79 Å². The summed E-state index contributed by atoms with van der Waals surface area (Å²) in [6, 6.07) is 13.2. The third-order valence-electron chi connectivity index (χ3n) is 6.02. The van der Waals surface area contributed by atoms with Crippen molar-refractivity contribution in [3.8, 4) is 5.75 Å². The second-order valence-corrected chi connectivity index (χ2v) is 8.28. The number of amides is 1. The van der Waals surface area contributed by atoms with Gasteiger partial charge in [0.15, 0.2) is 0 Å². The van der Waals surface area contributed by atoms with Gasteiger partial charge in [-0.3, -0.25) is 4.79 Å². The van der Waals surface area contributed by atoms with Crippen molar-refractivity contribution in [2.45, 2.75) is 58.5 Å². The van der Waals surface area contributed by atoms with Crippen LogP contribution in [0.4, 0.5) is 5.69 Å². The van der Waals surface area contributed by atoms with Crippen molar-refractivity contribution < 1.29 is 23.8 Å². The van der Waals surface area contributed by atoms with E-state index in [1.54, 1.807) is 25.1 Å². The molecule has 1 atom stereocenters. The molecule has 1 heterocycles. The number of hydrogen-bond donors (Lipinski definition) is 1. The number of esters is 1. The zero-order valence-electron chi connectivity index (χ0n) is 19.4. The average molecular weight is 440 g/mol. The molecule has 2 aromatic carbocycles. The van der Waals surface area contributed by atoms with E-state index in [0.717, 1.165) is 17.5 Å². The Morgan fingerprint density at radius 1 is 1.09 bits per heavy atom. The Balaban J connectivity index is 1.91. The van der Waals surface area contributed by atoms with Crippen LogP contribution in [0.5, 0.6) is 5.75 Å². The van der Waals surface area contributed by atoms with Crippen molar-refractivity contribution >= 4 is 17.6 Å². The molecule has 1 aliphatic rings. The normalized spacial score (nSPS) is 16.1. The fourth-order valence-corrected chi connectivity index (χ4v) is 3.87. The van der Waals surface area contributed by atoms with Gasteiger partial charge in [-0.1, -0.05) is 36.8 Å². The van der Waals surface area contributed by atoms with Crippen molar-refractivity contribution in [2.75, 3.05) is 25.1 Å². The van der Waals surface area contributed by atoms with Crippen LogP contribution in [0.3, 0.4) is 0 Å². The van der Waals surface area contributed by atoms with Gasteiger partial charge in [-0.15, -0.1) is 0 Å². The van der Waals surface area contributed by atoms with E-state index in [1.807, 2.05) is 45.0 Å². The number of nitrogens with one attached hydrogen (secondary N) is 1. The van der Waals surface area contributed by atoms with Crippen LogP contribution in [0, 0.1) is 6.92 Å². The van der Waals surface area contributed by atoms with E-state index in [1.165, 1.54) is 0 Å². The van der Waals surface area contributed by atoms with Crippen LogP contribution in [0.25, 0.3) is 0 Å². The summed E-state index contributed by atoms with van der Waals surface area (Å²) in [5, 5.41) is 3.04. The quantitative estimate of drug-likeness (QED) is 0.584. The summed E-state index contributed by atoms with van der Waals surface area (Å²) >= 11 is 0. The summed E-state index contributed by atoms with van der Waals surface area (Å²) < 4.78 is 16.7. The van der Waals surface area contributed by atoms with Crippen molar-refractivity contribution in [3.05, 3.63) is 59.2 Å². The highest BCUT2D eigenvalue weighted by Crippen LogP contribution is 2.37. The standard InChI is InChI=1S/C26H33NO5/c1-5-19(4)32-23-12-11-21(17-22(23)24(28)31-6-2)27-25(29)26(13-15-30-16-14-26)20-9-7-18(3)8-10-20/h7-12,17,19H,5-6,13-16H2,1-4H3,(H,27,29)/t19-/m0/s1. The molecule has 32 heavy (non-hydrogen) atoms. The van der Waals surface area contributed by atoms with Crippen LogP contribution in [0.2, 0.25) is 0 Å². The monoisotopic (exact) mass is 439 g/mol. The number of ether oxygens (including phenoxy) is 3. The van der Waals surface area contributed by atoms with E-state index in [0.29, 0.717) is 43.1 Å². The first-order valence-corrected chi connectivity index (χ1v) is 11.3. The number of anilines is 1. The summed E-state index contributed by atoms with van der Waals surface area (Å²) in [6.07, 6.45) is 1.96. The first-order chi connectivity index (χ1) is 15.4.